The zero-order valence-corrected chi connectivity index (χ0v) is 18.2. The molecule has 0 amide bonds. The van der Waals surface area contributed by atoms with Crippen LogP contribution in [0.3, 0.4) is 0 Å². The Kier molecular flexibility index (Phi) is 3.16. The first-order valence-electron chi connectivity index (χ1n) is 11.0. The number of hydrogen-bond acceptors (Lipinski definition) is 0. The first kappa shape index (κ1) is 18.2. The van der Waals surface area contributed by atoms with Gasteiger partial charge in [-0.1, -0.05) is 45.9 Å². The average molecular weight is 403 g/mol. The summed E-state index contributed by atoms with van der Waals surface area (Å²) < 4.78 is 33.1. The molecule has 0 fully saturated rings. The summed E-state index contributed by atoms with van der Waals surface area (Å²) in [6, 6.07) is 7.50. The van der Waals surface area contributed by atoms with Gasteiger partial charge in [-0.25, -0.2) is 8.78 Å². The van der Waals surface area contributed by atoms with E-state index in [1.54, 1.807) is 13.0 Å². The van der Waals surface area contributed by atoms with Gasteiger partial charge in [0, 0.05) is 28.9 Å². The molecule has 0 radical (unpaired) electrons. The maximum atomic E-state index is 15.5. The van der Waals surface area contributed by atoms with Crippen molar-refractivity contribution < 1.29 is 13.3 Å². The summed E-state index contributed by atoms with van der Waals surface area (Å²) in [7, 11) is 0. The van der Waals surface area contributed by atoms with Crippen LogP contribution in [0.5, 0.6) is 0 Å². The Morgan fingerprint density at radius 3 is 2.37 bits per heavy atom. The molecule has 3 heteroatoms. The van der Waals surface area contributed by atoms with Crippen LogP contribution in [0.2, 0.25) is 0 Å². The Labute approximate surface area is 176 Å². The topological polar surface area (TPSA) is 3.88 Å². The second-order valence-corrected chi connectivity index (χ2v) is 9.78. The Morgan fingerprint density at radius 2 is 1.73 bits per heavy atom. The lowest BCUT2D eigenvalue weighted by Crippen LogP contribution is -2.72. The fourth-order valence-electron chi connectivity index (χ4n) is 6.90. The second-order valence-electron chi connectivity index (χ2n) is 9.78. The lowest BCUT2D eigenvalue weighted by molar-refractivity contribution is -0.758. The van der Waals surface area contributed by atoms with Crippen LogP contribution in [0.25, 0.3) is 22.0 Å². The molecule has 2 heterocycles. The van der Waals surface area contributed by atoms with E-state index in [1.165, 1.54) is 5.56 Å². The van der Waals surface area contributed by atoms with Gasteiger partial charge in [-0.15, -0.1) is 0 Å². The molecule has 3 aliphatic rings. The molecule has 152 valence electrons. The normalized spacial score (nSPS) is 26.5. The number of fused-ring (bicyclic) bond motifs is 3. The molecular weight excluding hydrogens is 376 g/mol. The van der Waals surface area contributed by atoms with Crippen LogP contribution in [0.4, 0.5) is 8.78 Å². The number of rotatable bonds is 2. The molecule has 1 aromatic heterocycles. The molecule has 0 spiro atoms. The smallest absolute Gasteiger partial charge is 0.207 e. The van der Waals surface area contributed by atoms with E-state index < -0.39 is 5.41 Å². The van der Waals surface area contributed by atoms with Crippen LogP contribution in [0.15, 0.2) is 42.6 Å². The third-order valence-corrected chi connectivity index (χ3v) is 8.46. The van der Waals surface area contributed by atoms with Gasteiger partial charge in [-0.05, 0) is 42.2 Å². The first-order chi connectivity index (χ1) is 14.2. The molecule has 0 saturated carbocycles. The molecule has 3 aromatic rings. The molecule has 2 aromatic carbocycles. The Morgan fingerprint density at radius 1 is 0.967 bits per heavy atom. The molecule has 6 rings (SSSR count). The van der Waals surface area contributed by atoms with Crippen LogP contribution >= 0.6 is 0 Å². The van der Waals surface area contributed by atoms with Gasteiger partial charge >= 0.3 is 0 Å². The van der Waals surface area contributed by atoms with Crippen LogP contribution in [-0.4, -0.2) is 0 Å². The largest absolute Gasteiger partial charge is 0.222 e. The quantitative estimate of drug-likeness (QED) is 0.347. The molecule has 30 heavy (non-hydrogen) atoms. The summed E-state index contributed by atoms with van der Waals surface area (Å²) >= 11 is 0. The molecule has 1 aliphatic heterocycles. The van der Waals surface area contributed by atoms with Crippen molar-refractivity contribution >= 4 is 10.8 Å². The van der Waals surface area contributed by atoms with Gasteiger partial charge in [0.15, 0.2) is 11.7 Å². The second kappa shape index (κ2) is 5.19. The number of aryl methyl sites for hydroxylation is 1. The zero-order valence-electron chi connectivity index (χ0n) is 18.2. The van der Waals surface area contributed by atoms with Gasteiger partial charge in [0.1, 0.15) is 11.6 Å². The van der Waals surface area contributed by atoms with Gasteiger partial charge in [-0.2, -0.15) is 4.57 Å². The van der Waals surface area contributed by atoms with Crippen molar-refractivity contribution in [2.45, 2.75) is 63.8 Å². The van der Waals surface area contributed by atoms with Crippen molar-refractivity contribution in [2.75, 3.05) is 0 Å². The van der Waals surface area contributed by atoms with Gasteiger partial charge in [0.05, 0.1) is 16.4 Å². The number of hydrogen-bond donors (Lipinski definition) is 0. The van der Waals surface area contributed by atoms with Crippen LogP contribution in [-0.2, 0) is 16.4 Å². The highest BCUT2D eigenvalue weighted by molar-refractivity contribution is 6.02. The molecule has 2 aliphatic carbocycles. The Hall–Kier alpha value is -2.55. The van der Waals surface area contributed by atoms with Crippen LogP contribution in [0.1, 0.15) is 62.8 Å². The number of nitrogens with zero attached hydrogens (tertiary/aromatic N) is 1. The summed E-state index contributed by atoms with van der Waals surface area (Å²) in [5.41, 5.74) is 4.63. The lowest BCUT2D eigenvalue weighted by atomic mass is 9.50. The van der Waals surface area contributed by atoms with E-state index in [1.807, 2.05) is 24.4 Å². The maximum absolute atomic E-state index is 15.5. The minimum absolute atomic E-state index is 0.165. The minimum Gasteiger partial charge on any atom is -0.207 e. The van der Waals surface area contributed by atoms with Gasteiger partial charge in [0.25, 0.3) is 0 Å². The first-order valence-corrected chi connectivity index (χ1v) is 11.0. The van der Waals surface area contributed by atoms with Crippen molar-refractivity contribution in [3.05, 3.63) is 76.5 Å². The number of benzene rings is 2. The fourth-order valence-corrected chi connectivity index (χ4v) is 6.90. The molecule has 1 nitrogen and oxygen atoms in total. The highest BCUT2D eigenvalue weighted by Crippen LogP contribution is 2.61. The molecule has 2 atom stereocenters. The summed E-state index contributed by atoms with van der Waals surface area (Å²) in [5, 5.41) is 1.59. The maximum Gasteiger partial charge on any atom is 0.222 e. The molecular formula is C27H26F2N+. The van der Waals surface area contributed by atoms with E-state index in [-0.39, 0.29) is 22.6 Å². The van der Waals surface area contributed by atoms with Crippen molar-refractivity contribution in [3.8, 4) is 11.3 Å². The van der Waals surface area contributed by atoms with E-state index >= 15 is 8.78 Å². The van der Waals surface area contributed by atoms with E-state index in [2.05, 4.69) is 44.4 Å². The standard InChI is InChI=1S/C27H26F2N/c1-6-26-11-12-27(26,7-2)30-13-10-16-20-18(14-15(3)23(16)29)25(4,5)22-19(28)9-8-17(26)21(22)24(20)30/h8-14H,6-7H2,1-5H3/q+1. The van der Waals surface area contributed by atoms with Gasteiger partial charge in [0.2, 0.25) is 5.69 Å². The van der Waals surface area contributed by atoms with Crippen molar-refractivity contribution in [3.63, 3.8) is 0 Å². The predicted molar refractivity (Wildman–Crippen MR) is 116 cm³/mol. The fraction of sp³-hybridized carbons (Fsp3) is 0.370. The predicted octanol–water partition coefficient (Wildman–Crippen LogP) is 6.36. The van der Waals surface area contributed by atoms with Crippen LogP contribution < -0.4 is 4.57 Å². The van der Waals surface area contributed by atoms with Crippen molar-refractivity contribution in [1.82, 2.24) is 0 Å². The van der Waals surface area contributed by atoms with E-state index in [9.17, 15) is 0 Å². The molecule has 0 N–H and O–H groups in total. The molecule has 0 bridgehead atoms. The summed E-state index contributed by atoms with van der Waals surface area (Å²) in [6.45, 7) is 10.4. The Balaban J connectivity index is 1.95. The number of pyridine rings is 1. The monoisotopic (exact) mass is 402 g/mol. The SMILES string of the molecule is CCC12C=CC1(CC)[n+]1ccc3c(F)c(C)cc4c3c1-c1c2ccc(F)c1C4(C)C. The highest BCUT2D eigenvalue weighted by atomic mass is 19.1. The van der Waals surface area contributed by atoms with E-state index in [4.69, 9.17) is 0 Å². The van der Waals surface area contributed by atoms with E-state index in [0.717, 1.165) is 40.6 Å². The summed E-state index contributed by atoms with van der Waals surface area (Å²) in [4.78, 5) is 0. The minimum atomic E-state index is -0.549. The average Bonchev–Trinajstić information content (AvgIpc) is 2.70. The van der Waals surface area contributed by atoms with Crippen molar-refractivity contribution in [2.24, 2.45) is 0 Å². The van der Waals surface area contributed by atoms with Crippen LogP contribution in [0, 0.1) is 18.6 Å². The number of aromatic nitrogens is 1. The van der Waals surface area contributed by atoms with E-state index in [0.29, 0.717) is 10.9 Å². The number of allylic oxidation sites excluding steroid dienone is 2. The number of halogens is 2. The molecule has 2 unspecified atom stereocenters. The zero-order chi connectivity index (χ0) is 21.2. The van der Waals surface area contributed by atoms with Gasteiger partial charge < -0.3 is 0 Å². The third kappa shape index (κ3) is 1.60. The summed E-state index contributed by atoms with van der Waals surface area (Å²) in [6.07, 6.45) is 8.52. The van der Waals surface area contributed by atoms with Crippen molar-refractivity contribution in [1.29, 1.82) is 0 Å². The van der Waals surface area contributed by atoms with Gasteiger partial charge in [-0.3, -0.25) is 0 Å². The Bertz CT molecular complexity index is 1330. The lowest BCUT2D eigenvalue weighted by Gasteiger charge is -2.54. The highest BCUT2D eigenvalue weighted by Gasteiger charge is 2.66. The third-order valence-electron chi connectivity index (χ3n) is 8.46. The molecule has 0 saturated heterocycles. The summed E-state index contributed by atoms with van der Waals surface area (Å²) in [5.74, 6) is -0.343.